The molecule has 160 valence electrons. The van der Waals surface area contributed by atoms with Crippen molar-refractivity contribution in [2.75, 3.05) is 12.4 Å². The predicted octanol–water partition coefficient (Wildman–Crippen LogP) is 2.94. The van der Waals surface area contributed by atoms with Gasteiger partial charge in [0, 0.05) is 29.6 Å². The SMILES string of the molecule is COC(=O)Cn1c(=NC(=O)C=Cc2ccc([N+](=O)[O-])s2)sc2cc(NC(C)=O)ccc21. The van der Waals surface area contributed by atoms with Crippen molar-refractivity contribution in [1.29, 1.82) is 0 Å². The minimum Gasteiger partial charge on any atom is -0.468 e. The average Bonchev–Trinajstić information content (AvgIpc) is 3.31. The third kappa shape index (κ3) is 5.49. The molecule has 1 N–H and O–H groups in total. The number of amides is 2. The first-order valence-electron chi connectivity index (χ1n) is 8.75. The van der Waals surface area contributed by atoms with Crippen molar-refractivity contribution in [2.45, 2.75) is 13.5 Å². The molecule has 2 aromatic heterocycles. The quantitative estimate of drug-likeness (QED) is 0.260. The van der Waals surface area contributed by atoms with Gasteiger partial charge in [0.15, 0.2) is 4.80 Å². The van der Waals surface area contributed by atoms with Gasteiger partial charge in [-0.1, -0.05) is 22.7 Å². The molecule has 0 radical (unpaired) electrons. The zero-order chi connectivity index (χ0) is 22.5. The number of carbonyl (C=O) groups is 3. The molecule has 2 heterocycles. The van der Waals surface area contributed by atoms with Crippen molar-refractivity contribution >= 4 is 67.4 Å². The lowest BCUT2D eigenvalue weighted by Gasteiger charge is -2.05. The molecule has 10 nitrogen and oxygen atoms in total. The van der Waals surface area contributed by atoms with Gasteiger partial charge in [0.25, 0.3) is 5.91 Å². The molecule has 3 aromatic rings. The summed E-state index contributed by atoms with van der Waals surface area (Å²) in [5.41, 5.74) is 1.22. The van der Waals surface area contributed by atoms with Crippen molar-refractivity contribution in [3.8, 4) is 0 Å². The minimum atomic E-state index is -0.594. The third-order valence-electron chi connectivity index (χ3n) is 3.91. The number of nitrogens with one attached hydrogen (secondary N) is 1. The number of hydrogen-bond acceptors (Lipinski definition) is 8. The number of anilines is 1. The molecule has 0 atom stereocenters. The molecule has 0 aliphatic rings. The second-order valence-corrected chi connectivity index (χ2v) is 8.23. The van der Waals surface area contributed by atoms with Gasteiger partial charge >= 0.3 is 11.0 Å². The molecule has 12 heteroatoms. The Morgan fingerprint density at radius 1 is 1.26 bits per heavy atom. The Labute approximate surface area is 183 Å². The number of ether oxygens (including phenoxy) is 1. The standard InChI is InChI=1S/C19H16N4O6S2/c1-11(24)20-12-3-6-14-15(9-12)31-19(22(14)10-18(26)29-2)21-16(25)7-4-13-5-8-17(30-13)23(27)28/h3-9H,10H2,1-2H3,(H,20,24). The van der Waals surface area contributed by atoms with E-state index in [0.29, 0.717) is 20.8 Å². The molecule has 0 unspecified atom stereocenters. The van der Waals surface area contributed by atoms with E-state index in [1.807, 2.05) is 0 Å². The number of thiazole rings is 1. The lowest BCUT2D eigenvalue weighted by atomic mass is 10.3. The number of methoxy groups -OCH3 is 1. The van der Waals surface area contributed by atoms with Crippen molar-refractivity contribution in [3.05, 3.63) is 56.2 Å². The smallest absolute Gasteiger partial charge is 0.325 e. The molecular formula is C19H16N4O6S2. The monoisotopic (exact) mass is 460 g/mol. The van der Waals surface area contributed by atoms with E-state index in [2.05, 4.69) is 10.3 Å². The van der Waals surface area contributed by atoms with E-state index in [-0.39, 0.29) is 22.3 Å². The summed E-state index contributed by atoms with van der Waals surface area (Å²) in [4.78, 5) is 50.6. The Kier molecular flexibility index (Phi) is 6.72. The van der Waals surface area contributed by atoms with Crippen LogP contribution in [0.15, 0.2) is 41.4 Å². The van der Waals surface area contributed by atoms with Gasteiger partial charge in [0.2, 0.25) is 5.91 Å². The highest BCUT2D eigenvalue weighted by Gasteiger charge is 2.13. The van der Waals surface area contributed by atoms with Crippen molar-refractivity contribution in [3.63, 3.8) is 0 Å². The summed E-state index contributed by atoms with van der Waals surface area (Å²) in [6.45, 7) is 1.24. The van der Waals surface area contributed by atoms with Crippen LogP contribution in [0.4, 0.5) is 10.7 Å². The molecular weight excluding hydrogens is 444 g/mol. The Morgan fingerprint density at radius 2 is 2.03 bits per heavy atom. The van der Waals surface area contributed by atoms with Crippen LogP contribution in [0.1, 0.15) is 11.8 Å². The fourth-order valence-corrected chi connectivity index (χ4v) is 4.40. The molecule has 0 spiro atoms. The second-order valence-electron chi connectivity index (χ2n) is 6.13. The fraction of sp³-hybridized carbons (Fsp3) is 0.158. The number of nitro groups is 1. The van der Waals surface area contributed by atoms with Gasteiger partial charge in [-0.25, -0.2) is 0 Å². The van der Waals surface area contributed by atoms with Gasteiger partial charge in [-0.05, 0) is 30.3 Å². The molecule has 2 amide bonds. The molecule has 0 bridgehead atoms. The Balaban J connectivity index is 1.97. The molecule has 3 rings (SSSR count). The molecule has 0 aliphatic carbocycles. The summed E-state index contributed by atoms with van der Waals surface area (Å²) in [6.07, 6.45) is 2.64. The Hall–Kier alpha value is -3.64. The first-order chi connectivity index (χ1) is 14.8. The van der Waals surface area contributed by atoms with Crippen LogP contribution in [0.2, 0.25) is 0 Å². The number of benzene rings is 1. The maximum absolute atomic E-state index is 12.4. The molecule has 0 aliphatic heterocycles. The molecule has 31 heavy (non-hydrogen) atoms. The van der Waals surface area contributed by atoms with E-state index in [4.69, 9.17) is 4.74 Å². The summed E-state index contributed by atoms with van der Waals surface area (Å²) in [5, 5.41) is 13.4. The van der Waals surface area contributed by atoms with Crippen LogP contribution in [-0.2, 0) is 25.7 Å². The highest BCUT2D eigenvalue weighted by molar-refractivity contribution is 7.16. The zero-order valence-electron chi connectivity index (χ0n) is 16.4. The van der Waals surface area contributed by atoms with Crippen molar-refractivity contribution in [2.24, 2.45) is 4.99 Å². The van der Waals surface area contributed by atoms with E-state index in [0.717, 1.165) is 11.3 Å². The van der Waals surface area contributed by atoms with Crippen LogP contribution in [-0.4, -0.2) is 34.4 Å². The van der Waals surface area contributed by atoms with Crippen LogP contribution in [0.5, 0.6) is 0 Å². The average molecular weight is 460 g/mol. The first kappa shape index (κ1) is 22.1. The number of nitrogens with zero attached hydrogens (tertiary/aromatic N) is 3. The summed E-state index contributed by atoms with van der Waals surface area (Å²) in [5.74, 6) is -1.33. The van der Waals surface area contributed by atoms with Crippen molar-refractivity contribution < 1.29 is 24.0 Å². The maximum Gasteiger partial charge on any atom is 0.325 e. The Bertz CT molecular complexity index is 1280. The van der Waals surface area contributed by atoms with Crippen LogP contribution in [0, 0.1) is 10.1 Å². The van der Waals surface area contributed by atoms with Crippen LogP contribution < -0.4 is 10.1 Å². The first-order valence-corrected chi connectivity index (χ1v) is 10.4. The number of rotatable bonds is 6. The van der Waals surface area contributed by atoms with Crippen molar-refractivity contribution in [1.82, 2.24) is 4.57 Å². The highest BCUT2D eigenvalue weighted by Crippen LogP contribution is 2.25. The van der Waals surface area contributed by atoms with Gasteiger partial charge in [-0.3, -0.25) is 24.5 Å². The number of hydrogen-bond donors (Lipinski definition) is 1. The molecule has 0 saturated heterocycles. The summed E-state index contributed by atoms with van der Waals surface area (Å²) in [7, 11) is 1.26. The van der Waals surface area contributed by atoms with Gasteiger partial charge in [0.05, 0.1) is 22.2 Å². The lowest BCUT2D eigenvalue weighted by molar-refractivity contribution is -0.380. The van der Waals surface area contributed by atoms with E-state index >= 15 is 0 Å². The second kappa shape index (κ2) is 9.45. The van der Waals surface area contributed by atoms with Gasteiger partial charge in [0.1, 0.15) is 6.54 Å². The number of esters is 1. The molecule has 0 fully saturated rings. The van der Waals surface area contributed by atoms with Gasteiger partial charge in [-0.15, -0.1) is 0 Å². The lowest BCUT2D eigenvalue weighted by Crippen LogP contribution is -2.22. The summed E-state index contributed by atoms with van der Waals surface area (Å²) in [6, 6.07) is 8.00. The predicted molar refractivity (Wildman–Crippen MR) is 117 cm³/mol. The van der Waals surface area contributed by atoms with E-state index in [1.165, 1.54) is 49.7 Å². The number of aromatic nitrogens is 1. The normalized spacial score (nSPS) is 11.7. The topological polar surface area (TPSA) is 133 Å². The summed E-state index contributed by atoms with van der Waals surface area (Å²) >= 11 is 2.11. The fourth-order valence-electron chi connectivity index (χ4n) is 2.60. The van der Waals surface area contributed by atoms with Crippen LogP contribution in [0.3, 0.4) is 0 Å². The largest absolute Gasteiger partial charge is 0.468 e. The number of carbonyl (C=O) groups excluding carboxylic acids is 3. The van der Waals surface area contributed by atoms with E-state index in [9.17, 15) is 24.5 Å². The maximum atomic E-state index is 12.4. The summed E-state index contributed by atoms with van der Waals surface area (Å²) < 4.78 is 6.98. The minimum absolute atomic E-state index is 0.0283. The number of thiophene rings is 1. The number of fused-ring (bicyclic) bond motifs is 1. The van der Waals surface area contributed by atoms with Crippen LogP contribution in [0.25, 0.3) is 16.3 Å². The van der Waals surface area contributed by atoms with Crippen LogP contribution >= 0.6 is 22.7 Å². The highest BCUT2D eigenvalue weighted by atomic mass is 32.1. The third-order valence-corrected chi connectivity index (χ3v) is 5.95. The Morgan fingerprint density at radius 3 is 2.68 bits per heavy atom. The zero-order valence-corrected chi connectivity index (χ0v) is 18.0. The molecule has 0 saturated carbocycles. The van der Waals surface area contributed by atoms with Gasteiger partial charge in [-0.2, -0.15) is 4.99 Å². The van der Waals surface area contributed by atoms with E-state index in [1.54, 1.807) is 22.8 Å². The molecule has 1 aromatic carbocycles. The van der Waals surface area contributed by atoms with E-state index < -0.39 is 16.8 Å². The van der Waals surface area contributed by atoms with Gasteiger partial charge < -0.3 is 14.6 Å².